The number of carbonyl (C=O) groups excluding carboxylic acids is 2. The Morgan fingerprint density at radius 3 is 2.71 bits per heavy atom. The molecule has 166 valence electrons. The Labute approximate surface area is 183 Å². The molecule has 1 aromatic heterocycles. The first-order valence-corrected chi connectivity index (χ1v) is 13.2. The normalized spacial score (nSPS) is 13.8. The van der Waals surface area contributed by atoms with Crippen molar-refractivity contribution in [2.45, 2.75) is 59.0 Å². The second kappa shape index (κ2) is 8.76. The van der Waals surface area contributed by atoms with Gasteiger partial charge < -0.3 is 19.8 Å². The number of rotatable bonds is 6. The third kappa shape index (κ3) is 5.68. The van der Waals surface area contributed by atoms with Crippen LogP contribution in [0.2, 0.25) is 18.1 Å². The van der Waals surface area contributed by atoms with Gasteiger partial charge >= 0.3 is 0 Å². The maximum atomic E-state index is 12.7. The topological polar surface area (TPSA) is 102 Å². The van der Waals surface area contributed by atoms with Gasteiger partial charge in [0.15, 0.2) is 14.9 Å². The fraction of sp³-hybridized carbons (Fsp3) is 0.455. The minimum absolute atomic E-state index is 0.0115. The van der Waals surface area contributed by atoms with Gasteiger partial charge in [-0.3, -0.25) is 9.59 Å². The van der Waals surface area contributed by atoms with Crippen LogP contribution in [-0.4, -0.2) is 36.7 Å². The summed E-state index contributed by atoms with van der Waals surface area (Å²) in [6.45, 7) is 13.3. The van der Waals surface area contributed by atoms with E-state index in [9.17, 15) is 9.59 Å². The van der Waals surface area contributed by atoms with Crippen molar-refractivity contribution in [1.82, 2.24) is 15.3 Å². The Hall–Kier alpha value is -2.78. The van der Waals surface area contributed by atoms with Crippen LogP contribution in [0.5, 0.6) is 5.75 Å². The van der Waals surface area contributed by atoms with E-state index in [4.69, 9.17) is 9.16 Å². The van der Waals surface area contributed by atoms with E-state index in [1.807, 2.05) is 6.07 Å². The number of anilines is 1. The fourth-order valence-electron chi connectivity index (χ4n) is 2.80. The van der Waals surface area contributed by atoms with E-state index in [0.29, 0.717) is 41.8 Å². The number of carbonyl (C=O) groups is 2. The molecule has 1 aromatic carbocycles. The second-order valence-electron chi connectivity index (χ2n) is 9.19. The van der Waals surface area contributed by atoms with Crippen LogP contribution in [0.3, 0.4) is 0 Å². The molecule has 0 atom stereocenters. The maximum absolute atomic E-state index is 12.7. The number of hydrogen-bond donors (Lipinski definition) is 2. The SMILES string of the molecule is Cc1nc(CO[Si](C)(C)C(C)(C)C)cc(C(=O)NCc2ccc3c(c2)NC(=O)CO3)n1. The summed E-state index contributed by atoms with van der Waals surface area (Å²) in [7, 11) is -1.93. The monoisotopic (exact) mass is 442 g/mol. The average molecular weight is 443 g/mol. The van der Waals surface area contributed by atoms with Crippen molar-refractivity contribution in [2.75, 3.05) is 11.9 Å². The van der Waals surface area contributed by atoms with Crippen molar-refractivity contribution in [2.24, 2.45) is 0 Å². The zero-order chi connectivity index (χ0) is 22.8. The molecule has 2 heterocycles. The van der Waals surface area contributed by atoms with E-state index in [2.05, 4.69) is 54.5 Å². The van der Waals surface area contributed by atoms with Crippen molar-refractivity contribution >= 4 is 25.8 Å². The summed E-state index contributed by atoms with van der Waals surface area (Å²) < 4.78 is 11.6. The van der Waals surface area contributed by atoms with Crippen LogP contribution >= 0.6 is 0 Å². The largest absolute Gasteiger partial charge is 0.482 e. The standard InChI is InChI=1S/C22H30N4O4Si/c1-14-24-16(12-30-31(5,6)22(2,3)4)10-18(25-14)21(28)23-11-15-7-8-19-17(9-15)26-20(27)13-29-19/h7-10H,11-13H2,1-6H3,(H,23,28)(H,26,27). The lowest BCUT2D eigenvalue weighted by Gasteiger charge is -2.36. The number of nitrogens with zero attached hydrogens (tertiary/aromatic N) is 2. The molecule has 0 saturated carbocycles. The third-order valence-electron chi connectivity index (χ3n) is 5.64. The predicted octanol–water partition coefficient (Wildman–Crippen LogP) is 3.57. The molecule has 2 N–H and O–H groups in total. The van der Waals surface area contributed by atoms with E-state index in [1.54, 1.807) is 25.1 Å². The molecule has 2 amide bonds. The molecule has 0 aliphatic carbocycles. The summed E-state index contributed by atoms with van der Waals surface area (Å²) in [6.07, 6.45) is 0. The lowest BCUT2D eigenvalue weighted by Crippen LogP contribution is -2.40. The van der Waals surface area contributed by atoms with Gasteiger partial charge in [0, 0.05) is 6.54 Å². The van der Waals surface area contributed by atoms with Crippen LogP contribution in [0.25, 0.3) is 0 Å². The third-order valence-corrected chi connectivity index (χ3v) is 10.1. The van der Waals surface area contributed by atoms with Gasteiger partial charge in [0.25, 0.3) is 11.8 Å². The Balaban J connectivity index is 1.65. The molecule has 1 aliphatic rings. The predicted molar refractivity (Wildman–Crippen MR) is 120 cm³/mol. The van der Waals surface area contributed by atoms with Gasteiger partial charge in [-0.15, -0.1) is 0 Å². The summed E-state index contributed by atoms with van der Waals surface area (Å²) in [5.74, 6) is 0.650. The van der Waals surface area contributed by atoms with E-state index in [1.165, 1.54) is 0 Å². The minimum atomic E-state index is -1.93. The summed E-state index contributed by atoms with van der Waals surface area (Å²) in [5.41, 5.74) is 2.43. The number of benzene rings is 1. The smallest absolute Gasteiger partial charge is 0.270 e. The first kappa shape index (κ1) is 22.9. The zero-order valence-electron chi connectivity index (χ0n) is 19.0. The van der Waals surface area contributed by atoms with E-state index in [0.717, 1.165) is 5.56 Å². The molecule has 2 aromatic rings. The molecule has 0 spiro atoms. The number of nitrogens with one attached hydrogen (secondary N) is 2. The van der Waals surface area contributed by atoms with Gasteiger partial charge in [0.1, 0.15) is 17.3 Å². The van der Waals surface area contributed by atoms with Crippen molar-refractivity contribution in [3.63, 3.8) is 0 Å². The quantitative estimate of drug-likeness (QED) is 0.663. The molecular formula is C22H30N4O4Si. The number of aromatic nitrogens is 2. The summed E-state index contributed by atoms with van der Waals surface area (Å²) in [5, 5.41) is 5.72. The first-order chi connectivity index (χ1) is 14.4. The molecule has 31 heavy (non-hydrogen) atoms. The molecule has 0 saturated heterocycles. The number of fused-ring (bicyclic) bond motifs is 1. The molecule has 8 nitrogen and oxygen atoms in total. The van der Waals surface area contributed by atoms with Crippen LogP contribution in [0.4, 0.5) is 5.69 Å². The number of amides is 2. The second-order valence-corrected chi connectivity index (χ2v) is 14.0. The Morgan fingerprint density at radius 2 is 2.00 bits per heavy atom. The van der Waals surface area contributed by atoms with E-state index in [-0.39, 0.29) is 23.5 Å². The van der Waals surface area contributed by atoms with Crippen LogP contribution in [-0.2, 0) is 22.4 Å². The molecule has 0 unspecified atom stereocenters. The van der Waals surface area contributed by atoms with Gasteiger partial charge in [-0.1, -0.05) is 26.8 Å². The lowest BCUT2D eigenvalue weighted by molar-refractivity contribution is -0.118. The van der Waals surface area contributed by atoms with Gasteiger partial charge in [-0.2, -0.15) is 0 Å². The Kier molecular flexibility index (Phi) is 6.47. The number of hydrogen-bond acceptors (Lipinski definition) is 6. The highest BCUT2D eigenvalue weighted by atomic mass is 28.4. The van der Waals surface area contributed by atoms with E-state index < -0.39 is 8.32 Å². The highest BCUT2D eigenvalue weighted by Crippen LogP contribution is 2.37. The highest BCUT2D eigenvalue weighted by molar-refractivity contribution is 6.74. The number of aryl methyl sites for hydroxylation is 1. The van der Waals surface area contributed by atoms with Gasteiger partial charge in [0.2, 0.25) is 0 Å². The molecule has 1 aliphatic heterocycles. The molecule has 0 fully saturated rings. The molecule has 0 radical (unpaired) electrons. The van der Waals surface area contributed by atoms with Crippen molar-refractivity contribution in [1.29, 1.82) is 0 Å². The van der Waals surface area contributed by atoms with Gasteiger partial charge in [-0.05, 0) is 48.8 Å². The lowest BCUT2D eigenvalue weighted by atomic mass is 10.1. The molecular weight excluding hydrogens is 412 g/mol. The van der Waals surface area contributed by atoms with Gasteiger partial charge in [0.05, 0.1) is 18.0 Å². The van der Waals surface area contributed by atoms with Crippen LogP contribution < -0.4 is 15.4 Å². The van der Waals surface area contributed by atoms with Crippen molar-refractivity contribution in [3.05, 3.63) is 47.0 Å². The first-order valence-electron chi connectivity index (χ1n) is 10.3. The van der Waals surface area contributed by atoms with Crippen LogP contribution in [0.15, 0.2) is 24.3 Å². The van der Waals surface area contributed by atoms with Crippen LogP contribution in [0.1, 0.15) is 48.3 Å². The minimum Gasteiger partial charge on any atom is -0.482 e. The molecule has 9 heteroatoms. The molecule has 0 bridgehead atoms. The number of ether oxygens (including phenoxy) is 1. The van der Waals surface area contributed by atoms with Crippen molar-refractivity contribution < 1.29 is 18.8 Å². The zero-order valence-corrected chi connectivity index (χ0v) is 20.0. The Morgan fingerprint density at radius 1 is 1.26 bits per heavy atom. The van der Waals surface area contributed by atoms with E-state index >= 15 is 0 Å². The van der Waals surface area contributed by atoms with Crippen molar-refractivity contribution in [3.8, 4) is 5.75 Å². The maximum Gasteiger partial charge on any atom is 0.270 e. The van der Waals surface area contributed by atoms with Crippen LogP contribution in [0, 0.1) is 6.92 Å². The summed E-state index contributed by atoms with van der Waals surface area (Å²) in [6, 6.07) is 7.09. The highest BCUT2D eigenvalue weighted by Gasteiger charge is 2.37. The fourth-order valence-corrected chi connectivity index (χ4v) is 3.75. The Bertz CT molecular complexity index is 1000. The molecule has 3 rings (SSSR count). The summed E-state index contributed by atoms with van der Waals surface area (Å²) >= 11 is 0. The summed E-state index contributed by atoms with van der Waals surface area (Å²) in [4.78, 5) is 32.9. The average Bonchev–Trinajstić information content (AvgIpc) is 2.69. The van der Waals surface area contributed by atoms with Gasteiger partial charge in [-0.25, -0.2) is 9.97 Å².